The van der Waals surface area contributed by atoms with Crippen LogP contribution in [0.4, 0.5) is 0 Å². The summed E-state index contributed by atoms with van der Waals surface area (Å²) >= 11 is 0. The van der Waals surface area contributed by atoms with Crippen molar-refractivity contribution in [1.29, 1.82) is 0 Å². The molecule has 72 valence electrons. The Morgan fingerprint density at radius 1 is 1.36 bits per heavy atom. The number of hydrogen-bond acceptors (Lipinski definition) is 2. The van der Waals surface area contributed by atoms with E-state index in [0.29, 0.717) is 0 Å². The molecule has 0 fully saturated rings. The summed E-state index contributed by atoms with van der Waals surface area (Å²) in [5, 5.41) is 0. The molecule has 0 saturated carbocycles. The lowest BCUT2D eigenvalue weighted by atomic mass is 10.1. The van der Waals surface area contributed by atoms with Crippen molar-refractivity contribution in [2.45, 2.75) is 6.04 Å². The predicted molar refractivity (Wildman–Crippen MR) is 59.4 cm³/mol. The molecule has 1 heterocycles. The van der Waals surface area contributed by atoms with Crippen LogP contribution in [0, 0.1) is 0 Å². The minimum absolute atomic E-state index is 0.266. The average molecular weight is 186 g/mol. The maximum atomic E-state index is 4.21. The Morgan fingerprint density at radius 2 is 2.14 bits per heavy atom. The first-order valence-corrected chi connectivity index (χ1v) is 4.85. The van der Waals surface area contributed by atoms with Crippen molar-refractivity contribution in [3.05, 3.63) is 48.6 Å². The van der Waals surface area contributed by atoms with Crippen molar-refractivity contribution in [1.82, 2.24) is 4.90 Å². The molecule has 14 heavy (non-hydrogen) atoms. The Balaban J connectivity index is 2.21. The van der Waals surface area contributed by atoms with Crippen LogP contribution < -0.4 is 0 Å². The summed E-state index contributed by atoms with van der Waals surface area (Å²) in [5.74, 6) is 0. The second kappa shape index (κ2) is 4.09. The van der Waals surface area contributed by atoms with Crippen LogP contribution in [-0.2, 0) is 0 Å². The van der Waals surface area contributed by atoms with Crippen LogP contribution in [0.25, 0.3) is 0 Å². The highest BCUT2D eigenvalue weighted by atomic mass is 15.2. The maximum absolute atomic E-state index is 4.21. The van der Waals surface area contributed by atoms with Gasteiger partial charge in [-0.3, -0.25) is 4.99 Å². The van der Waals surface area contributed by atoms with Crippen LogP contribution in [0.5, 0.6) is 0 Å². The van der Waals surface area contributed by atoms with E-state index < -0.39 is 0 Å². The first kappa shape index (κ1) is 9.00. The van der Waals surface area contributed by atoms with E-state index in [9.17, 15) is 0 Å². The molecule has 2 rings (SSSR count). The standard InChI is InChI=1S/C12H14N2/c1-2-12(14-9-8-13-10-14)11-6-4-3-5-7-11/h2-7,10,12H,1,8-9H2. The molecule has 0 bridgehead atoms. The third-order valence-corrected chi connectivity index (χ3v) is 2.44. The Bertz CT molecular complexity index is 329. The lowest BCUT2D eigenvalue weighted by Crippen LogP contribution is -2.24. The van der Waals surface area contributed by atoms with E-state index in [1.807, 2.05) is 18.5 Å². The second-order valence-electron chi connectivity index (χ2n) is 3.35. The molecule has 1 aromatic rings. The fourth-order valence-corrected chi connectivity index (χ4v) is 1.72. The normalized spacial score (nSPS) is 17.0. The summed E-state index contributed by atoms with van der Waals surface area (Å²) in [7, 11) is 0. The second-order valence-corrected chi connectivity index (χ2v) is 3.35. The topological polar surface area (TPSA) is 15.6 Å². The van der Waals surface area contributed by atoms with E-state index in [1.165, 1.54) is 5.56 Å². The Labute approximate surface area is 84.6 Å². The first-order chi connectivity index (χ1) is 6.92. The van der Waals surface area contributed by atoms with Crippen LogP contribution in [0.1, 0.15) is 11.6 Å². The fraction of sp³-hybridized carbons (Fsp3) is 0.250. The van der Waals surface area contributed by atoms with Gasteiger partial charge in [0.1, 0.15) is 0 Å². The largest absolute Gasteiger partial charge is 0.351 e. The van der Waals surface area contributed by atoms with Gasteiger partial charge in [-0.05, 0) is 5.56 Å². The van der Waals surface area contributed by atoms with Crippen molar-refractivity contribution >= 4 is 6.34 Å². The van der Waals surface area contributed by atoms with Crippen LogP contribution in [0.2, 0.25) is 0 Å². The third-order valence-electron chi connectivity index (χ3n) is 2.44. The molecule has 1 atom stereocenters. The minimum Gasteiger partial charge on any atom is -0.351 e. The lowest BCUT2D eigenvalue weighted by Gasteiger charge is -2.23. The smallest absolute Gasteiger partial charge is 0.0858 e. The van der Waals surface area contributed by atoms with Crippen LogP contribution in [0.3, 0.4) is 0 Å². The number of rotatable bonds is 3. The van der Waals surface area contributed by atoms with E-state index in [-0.39, 0.29) is 6.04 Å². The van der Waals surface area contributed by atoms with Gasteiger partial charge < -0.3 is 4.90 Å². The van der Waals surface area contributed by atoms with Gasteiger partial charge in [0, 0.05) is 6.54 Å². The van der Waals surface area contributed by atoms with Gasteiger partial charge >= 0.3 is 0 Å². The van der Waals surface area contributed by atoms with Gasteiger partial charge in [-0.2, -0.15) is 0 Å². The lowest BCUT2D eigenvalue weighted by molar-refractivity contribution is 0.409. The third kappa shape index (κ3) is 1.69. The van der Waals surface area contributed by atoms with Gasteiger partial charge in [0.2, 0.25) is 0 Å². The molecule has 2 nitrogen and oxygen atoms in total. The summed E-state index contributed by atoms with van der Waals surface area (Å²) in [6.07, 6.45) is 3.88. The molecule has 0 N–H and O–H groups in total. The van der Waals surface area contributed by atoms with E-state index in [1.54, 1.807) is 0 Å². The summed E-state index contributed by atoms with van der Waals surface area (Å²) in [6, 6.07) is 10.7. The highest BCUT2D eigenvalue weighted by molar-refractivity contribution is 5.58. The maximum Gasteiger partial charge on any atom is 0.0858 e. The monoisotopic (exact) mass is 186 g/mol. The predicted octanol–water partition coefficient (Wildman–Crippen LogP) is 2.26. The molecule has 0 aromatic heterocycles. The fourth-order valence-electron chi connectivity index (χ4n) is 1.72. The number of benzene rings is 1. The van der Waals surface area contributed by atoms with Crippen LogP contribution in [0.15, 0.2) is 48.0 Å². The number of nitrogens with zero attached hydrogens (tertiary/aromatic N) is 2. The van der Waals surface area contributed by atoms with Crippen molar-refractivity contribution in [3.63, 3.8) is 0 Å². The molecule has 0 radical (unpaired) electrons. The molecule has 1 aliphatic rings. The van der Waals surface area contributed by atoms with Crippen molar-refractivity contribution in [2.24, 2.45) is 4.99 Å². The number of hydrogen-bond donors (Lipinski definition) is 0. The van der Waals surface area contributed by atoms with Crippen molar-refractivity contribution < 1.29 is 0 Å². The molecule has 0 amide bonds. The molecule has 2 heteroatoms. The zero-order chi connectivity index (χ0) is 9.80. The molecule has 0 aliphatic carbocycles. The van der Waals surface area contributed by atoms with E-state index in [4.69, 9.17) is 0 Å². The Hall–Kier alpha value is -1.57. The zero-order valence-electron chi connectivity index (χ0n) is 8.13. The van der Waals surface area contributed by atoms with Gasteiger partial charge in [-0.1, -0.05) is 36.4 Å². The summed E-state index contributed by atoms with van der Waals surface area (Å²) in [4.78, 5) is 6.42. The van der Waals surface area contributed by atoms with E-state index >= 15 is 0 Å². The molecule has 0 saturated heterocycles. The highest BCUT2D eigenvalue weighted by Gasteiger charge is 2.16. The van der Waals surface area contributed by atoms with Gasteiger partial charge in [0.25, 0.3) is 0 Å². The van der Waals surface area contributed by atoms with Crippen molar-refractivity contribution in [3.8, 4) is 0 Å². The Kier molecular flexibility index (Phi) is 2.63. The molecular weight excluding hydrogens is 172 g/mol. The SMILES string of the molecule is C=CC(c1ccccc1)N1C=NCC1. The highest BCUT2D eigenvalue weighted by Crippen LogP contribution is 2.21. The average Bonchev–Trinajstić information content (AvgIpc) is 2.74. The summed E-state index contributed by atoms with van der Waals surface area (Å²) < 4.78 is 0. The minimum atomic E-state index is 0.266. The number of aliphatic imine (C=N–C) groups is 1. The van der Waals surface area contributed by atoms with Gasteiger partial charge in [-0.15, -0.1) is 6.58 Å². The Morgan fingerprint density at radius 3 is 2.71 bits per heavy atom. The van der Waals surface area contributed by atoms with E-state index in [0.717, 1.165) is 13.1 Å². The van der Waals surface area contributed by atoms with Gasteiger partial charge in [0.05, 0.1) is 18.9 Å². The van der Waals surface area contributed by atoms with Crippen LogP contribution >= 0.6 is 0 Å². The molecule has 1 unspecified atom stereocenters. The molecule has 1 aliphatic heterocycles. The summed E-state index contributed by atoms with van der Waals surface area (Å²) in [6.45, 7) is 5.77. The first-order valence-electron chi connectivity index (χ1n) is 4.85. The van der Waals surface area contributed by atoms with Crippen LogP contribution in [-0.4, -0.2) is 24.3 Å². The van der Waals surface area contributed by atoms with E-state index in [2.05, 4.69) is 40.7 Å². The molecule has 1 aromatic carbocycles. The van der Waals surface area contributed by atoms with Gasteiger partial charge in [-0.25, -0.2) is 0 Å². The molecular formula is C12H14N2. The van der Waals surface area contributed by atoms with Crippen molar-refractivity contribution in [2.75, 3.05) is 13.1 Å². The van der Waals surface area contributed by atoms with Gasteiger partial charge in [0.15, 0.2) is 0 Å². The zero-order valence-corrected chi connectivity index (χ0v) is 8.13. The molecule has 0 spiro atoms. The quantitative estimate of drug-likeness (QED) is 0.661. The summed E-state index contributed by atoms with van der Waals surface area (Å²) in [5.41, 5.74) is 1.27.